The van der Waals surface area contributed by atoms with E-state index in [-0.39, 0.29) is 5.91 Å². The summed E-state index contributed by atoms with van der Waals surface area (Å²) in [5, 5.41) is 0.493. The zero-order chi connectivity index (χ0) is 15.2. The van der Waals surface area contributed by atoms with Gasteiger partial charge in [-0.1, -0.05) is 29.8 Å². The third kappa shape index (κ3) is 4.20. The monoisotopic (exact) mass is 304 g/mol. The summed E-state index contributed by atoms with van der Waals surface area (Å²) in [7, 11) is 1.74. The number of nitrogens with zero attached hydrogens (tertiary/aromatic N) is 2. The molecule has 1 unspecified atom stereocenters. The number of hydrogen-bond donors (Lipinski definition) is 0. The topological polar surface area (TPSA) is 42.4 Å². The number of para-hydroxylation sites is 1. The molecular formula is C16H17ClN2O2. The molecule has 21 heavy (non-hydrogen) atoms. The van der Waals surface area contributed by atoms with Crippen LogP contribution in [-0.4, -0.2) is 28.9 Å². The highest BCUT2D eigenvalue weighted by Crippen LogP contribution is 2.24. The number of hydrogen-bond acceptors (Lipinski definition) is 3. The van der Waals surface area contributed by atoms with E-state index in [4.69, 9.17) is 16.3 Å². The van der Waals surface area contributed by atoms with Crippen molar-refractivity contribution in [1.29, 1.82) is 0 Å². The first kappa shape index (κ1) is 15.3. The van der Waals surface area contributed by atoms with E-state index in [2.05, 4.69) is 4.98 Å². The van der Waals surface area contributed by atoms with Gasteiger partial charge in [0.05, 0.1) is 5.02 Å². The largest absolute Gasteiger partial charge is 0.479 e. The molecule has 0 bridgehead atoms. The number of carbonyl (C=O) groups excluding carboxylic acids is 1. The van der Waals surface area contributed by atoms with Gasteiger partial charge in [0.1, 0.15) is 5.75 Å². The first-order chi connectivity index (χ1) is 10.1. The molecule has 1 atom stereocenters. The molecule has 0 fully saturated rings. The standard InChI is InChI=1S/C16H17ClN2O2/c1-12(21-15-8-4-3-7-14(15)17)16(20)19(2)11-13-6-5-9-18-10-13/h3-10,12H,11H2,1-2H3. The van der Waals surface area contributed by atoms with E-state index in [0.717, 1.165) is 5.56 Å². The van der Waals surface area contributed by atoms with Crippen LogP contribution in [0.1, 0.15) is 12.5 Å². The van der Waals surface area contributed by atoms with E-state index in [1.165, 1.54) is 0 Å². The Morgan fingerprint density at radius 1 is 1.33 bits per heavy atom. The van der Waals surface area contributed by atoms with Gasteiger partial charge in [-0.3, -0.25) is 9.78 Å². The second kappa shape index (κ2) is 7.09. The van der Waals surface area contributed by atoms with Crippen LogP contribution >= 0.6 is 11.6 Å². The molecule has 0 radical (unpaired) electrons. The molecule has 2 rings (SSSR count). The minimum Gasteiger partial charge on any atom is -0.479 e. The lowest BCUT2D eigenvalue weighted by Crippen LogP contribution is -2.37. The predicted molar refractivity (Wildman–Crippen MR) is 82.3 cm³/mol. The molecule has 1 aromatic heterocycles. The van der Waals surface area contributed by atoms with Gasteiger partial charge in [-0.15, -0.1) is 0 Å². The van der Waals surface area contributed by atoms with E-state index >= 15 is 0 Å². The fourth-order valence-electron chi connectivity index (χ4n) is 1.93. The molecule has 2 aromatic rings. The minimum atomic E-state index is -0.605. The summed E-state index contributed by atoms with van der Waals surface area (Å²) in [6.45, 7) is 2.20. The first-order valence-electron chi connectivity index (χ1n) is 6.63. The molecule has 5 heteroatoms. The van der Waals surface area contributed by atoms with E-state index in [1.807, 2.05) is 24.3 Å². The lowest BCUT2D eigenvalue weighted by molar-refractivity contribution is -0.137. The highest BCUT2D eigenvalue weighted by Gasteiger charge is 2.20. The van der Waals surface area contributed by atoms with E-state index in [0.29, 0.717) is 17.3 Å². The molecule has 110 valence electrons. The van der Waals surface area contributed by atoms with Crippen LogP contribution in [0.3, 0.4) is 0 Å². The van der Waals surface area contributed by atoms with Crippen LogP contribution in [-0.2, 0) is 11.3 Å². The number of amides is 1. The second-order valence-electron chi connectivity index (χ2n) is 4.75. The van der Waals surface area contributed by atoms with Crippen molar-refractivity contribution in [2.24, 2.45) is 0 Å². The summed E-state index contributed by atoms with van der Waals surface area (Å²) in [6, 6.07) is 10.9. The number of rotatable bonds is 5. The molecule has 0 saturated carbocycles. The van der Waals surface area contributed by atoms with Crippen molar-refractivity contribution >= 4 is 17.5 Å². The van der Waals surface area contributed by atoms with Gasteiger partial charge < -0.3 is 9.64 Å². The summed E-state index contributed by atoms with van der Waals surface area (Å²) in [5.41, 5.74) is 0.971. The van der Waals surface area contributed by atoms with E-state index < -0.39 is 6.10 Å². The van der Waals surface area contributed by atoms with Crippen LogP contribution in [0, 0.1) is 0 Å². The van der Waals surface area contributed by atoms with Crippen molar-refractivity contribution in [3.8, 4) is 5.75 Å². The van der Waals surface area contributed by atoms with Crippen molar-refractivity contribution in [3.63, 3.8) is 0 Å². The van der Waals surface area contributed by atoms with Crippen molar-refractivity contribution in [2.75, 3.05) is 7.05 Å². The summed E-state index contributed by atoms with van der Waals surface area (Å²) < 4.78 is 5.63. The molecule has 0 saturated heterocycles. The number of ether oxygens (including phenoxy) is 1. The van der Waals surface area contributed by atoms with Crippen LogP contribution in [0.2, 0.25) is 5.02 Å². The average molecular weight is 305 g/mol. The molecule has 4 nitrogen and oxygen atoms in total. The highest BCUT2D eigenvalue weighted by molar-refractivity contribution is 6.32. The van der Waals surface area contributed by atoms with Gasteiger partial charge in [0.2, 0.25) is 0 Å². The second-order valence-corrected chi connectivity index (χ2v) is 5.15. The fourth-order valence-corrected chi connectivity index (χ4v) is 2.12. The zero-order valence-electron chi connectivity index (χ0n) is 12.0. The van der Waals surface area contributed by atoms with Gasteiger partial charge in [0.15, 0.2) is 6.10 Å². The minimum absolute atomic E-state index is 0.112. The van der Waals surface area contributed by atoms with Crippen molar-refractivity contribution in [3.05, 3.63) is 59.4 Å². The lowest BCUT2D eigenvalue weighted by atomic mass is 10.2. The molecule has 0 aliphatic rings. The Balaban J connectivity index is 1.97. The fraction of sp³-hybridized carbons (Fsp3) is 0.250. The number of halogens is 1. The number of benzene rings is 1. The summed E-state index contributed by atoms with van der Waals surface area (Å²) in [6.07, 6.45) is 2.84. The Morgan fingerprint density at radius 3 is 2.76 bits per heavy atom. The van der Waals surface area contributed by atoms with E-state index in [1.54, 1.807) is 43.4 Å². The molecular weight excluding hydrogens is 288 g/mol. The molecule has 1 aromatic carbocycles. The summed E-state index contributed by atoms with van der Waals surface area (Å²) in [4.78, 5) is 17.9. The number of likely N-dealkylation sites (N-methyl/N-ethyl adjacent to an activating group) is 1. The number of aromatic nitrogens is 1. The van der Waals surface area contributed by atoms with Gasteiger partial charge in [-0.05, 0) is 30.7 Å². The highest BCUT2D eigenvalue weighted by atomic mass is 35.5. The van der Waals surface area contributed by atoms with Gasteiger partial charge in [0, 0.05) is 26.0 Å². The SMILES string of the molecule is CC(Oc1ccccc1Cl)C(=O)N(C)Cc1cccnc1. The van der Waals surface area contributed by atoms with Gasteiger partial charge in [-0.2, -0.15) is 0 Å². The van der Waals surface area contributed by atoms with Gasteiger partial charge in [-0.25, -0.2) is 0 Å². The Kier molecular flexibility index (Phi) is 5.17. The summed E-state index contributed by atoms with van der Waals surface area (Å²) >= 11 is 6.02. The van der Waals surface area contributed by atoms with Crippen LogP contribution in [0.5, 0.6) is 5.75 Å². The maximum Gasteiger partial charge on any atom is 0.263 e. The molecule has 0 aliphatic carbocycles. The van der Waals surface area contributed by atoms with Gasteiger partial charge >= 0.3 is 0 Å². The lowest BCUT2D eigenvalue weighted by Gasteiger charge is -2.22. The maximum atomic E-state index is 12.3. The van der Waals surface area contributed by atoms with Crippen LogP contribution in [0.25, 0.3) is 0 Å². The zero-order valence-corrected chi connectivity index (χ0v) is 12.7. The number of carbonyl (C=O) groups is 1. The third-order valence-electron chi connectivity index (χ3n) is 3.01. The van der Waals surface area contributed by atoms with Crippen molar-refractivity contribution < 1.29 is 9.53 Å². The van der Waals surface area contributed by atoms with Crippen molar-refractivity contribution in [2.45, 2.75) is 19.6 Å². The average Bonchev–Trinajstić information content (AvgIpc) is 2.49. The molecule has 0 spiro atoms. The molecule has 1 amide bonds. The Hall–Kier alpha value is -2.07. The third-order valence-corrected chi connectivity index (χ3v) is 3.32. The van der Waals surface area contributed by atoms with Crippen molar-refractivity contribution in [1.82, 2.24) is 9.88 Å². The molecule has 0 N–H and O–H groups in total. The van der Waals surface area contributed by atoms with Crippen LogP contribution in [0.15, 0.2) is 48.8 Å². The Labute approximate surface area is 129 Å². The predicted octanol–water partition coefficient (Wildman–Crippen LogP) is 3.16. The molecule has 0 aliphatic heterocycles. The van der Waals surface area contributed by atoms with E-state index in [9.17, 15) is 4.79 Å². The van der Waals surface area contributed by atoms with Crippen LogP contribution < -0.4 is 4.74 Å². The Bertz CT molecular complexity index is 604. The smallest absolute Gasteiger partial charge is 0.263 e. The maximum absolute atomic E-state index is 12.3. The van der Waals surface area contributed by atoms with Gasteiger partial charge in [0.25, 0.3) is 5.91 Å². The first-order valence-corrected chi connectivity index (χ1v) is 7.01. The normalized spacial score (nSPS) is 11.8. The Morgan fingerprint density at radius 2 is 2.10 bits per heavy atom. The number of pyridine rings is 1. The summed E-state index contributed by atoms with van der Waals surface area (Å²) in [5.74, 6) is 0.397. The quantitative estimate of drug-likeness (QED) is 0.852. The van der Waals surface area contributed by atoms with Crippen LogP contribution in [0.4, 0.5) is 0 Å². The molecule has 1 heterocycles.